The van der Waals surface area contributed by atoms with Crippen LogP contribution in [0.3, 0.4) is 0 Å². The first kappa shape index (κ1) is 18.3. The first-order chi connectivity index (χ1) is 14.1. The Kier molecular flexibility index (Phi) is 4.60. The molecule has 0 amide bonds. The van der Waals surface area contributed by atoms with Crippen molar-refractivity contribution >= 4 is 32.3 Å². The number of aryl methyl sites for hydroxylation is 2. The zero-order valence-corrected chi connectivity index (χ0v) is 17.5. The van der Waals surface area contributed by atoms with Crippen LogP contribution in [0.25, 0.3) is 21.0 Å². The largest absolute Gasteiger partial charge is 0.497 e. The third kappa shape index (κ3) is 3.43. The summed E-state index contributed by atoms with van der Waals surface area (Å²) < 4.78 is 5.30. The van der Waals surface area contributed by atoms with E-state index in [9.17, 15) is 4.79 Å². The van der Waals surface area contributed by atoms with Gasteiger partial charge in [-0.2, -0.15) is 0 Å². The fourth-order valence-corrected chi connectivity index (χ4v) is 5.62. The van der Waals surface area contributed by atoms with Gasteiger partial charge >= 0.3 is 0 Å². The molecule has 5 nitrogen and oxygen atoms in total. The number of aromatic nitrogens is 2. The van der Waals surface area contributed by atoms with Crippen LogP contribution in [0.2, 0.25) is 0 Å². The topological polar surface area (TPSA) is 59.4 Å². The smallest absolute Gasteiger partial charge is 0.260 e. The van der Waals surface area contributed by atoms with Gasteiger partial charge in [0.1, 0.15) is 23.7 Å². The number of ether oxygens (including phenoxy) is 1. The second kappa shape index (κ2) is 7.28. The van der Waals surface area contributed by atoms with Crippen molar-refractivity contribution in [3.63, 3.8) is 0 Å². The first-order valence-corrected chi connectivity index (χ1v) is 10.8. The van der Waals surface area contributed by atoms with E-state index < -0.39 is 0 Å². The lowest BCUT2D eigenvalue weighted by atomic mass is 10.1. The molecule has 2 heterocycles. The Balaban J connectivity index is 1.36. The number of benzene rings is 2. The van der Waals surface area contributed by atoms with Gasteiger partial charge < -0.3 is 14.6 Å². The van der Waals surface area contributed by atoms with E-state index in [1.165, 1.54) is 31.7 Å². The summed E-state index contributed by atoms with van der Waals surface area (Å²) in [6.07, 6.45) is 3.26. The Morgan fingerprint density at radius 1 is 1.14 bits per heavy atom. The number of rotatable bonds is 5. The van der Waals surface area contributed by atoms with E-state index in [-0.39, 0.29) is 5.56 Å². The minimum atomic E-state index is 0.0249. The van der Waals surface area contributed by atoms with E-state index in [1.54, 1.807) is 18.4 Å². The van der Waals surface area contributed by atoms with Crippen molar-refractivity contribution in [3.05, 3.63) is 68.6 Å². The molecule has 2 aromatic heterocycles. The zero-order chi connectivity index (χ0) is 20.0. The number of fused-ring (bicyclic) bond motifs is 4. The zero-order valence-electron chi connectivity index (χ0n) is 16.7. The molecule has 1 aliphatic carbocycles. The predicted molar refractivity (Wildman–Crippen MR) is 117 cm³/mol. The van der Waals surface area contributed by atoms with Gasteiger partial charge in [0.25, 0.3) is 5.56 Å². The molecule has 0 radical (unpaired) electrons. The van der Waals surface area contributed by atoms with Gasteiger partial charge in [0.15, 0.2) is 5.82 Å². The van der Waals surface area contributed by atoms with Crippen molar-refractivity contribution in [1.29, 1.82) is 0 Å². The average Bonchev–Trinajstić information content (AvgIpc) is 3.28. The Morgan fingerprint density at radius 2 is 1.97 bits per heavy atom. The highest BCUT2D eigenvalue weighted by Crippen LogP contribution is 2.34. The lowest BCUT2D eigenvalue weighted by Crippen LogP contribution is -3.06. The van der Waals surface area contributed by atoms with E-state index in [2.05, 4.69) is 42.4 Å². The molecule has 0 spiro atoms. The quantitative estimate of drug-likeness (QED) is 0.536. The van der Waals surface area contributed by atoms with E-state index >= 15 is 0 Å². The molecule has 2 aromatic carbocycles. The van der Waals surface area contributed by atoms with Crippen molar-refractivity contribution in [1.82, 2.24) is 9.97 Å². The van der Waals surface area contributed by atoms with Crippen LogP contribution < -0.4 is 15.2 Å². The molecule has 0 fully saturated rings. The molecule has 1 unspecified atom stereocenters. The maximum absolute atomic E-state index is 12.7. The Hall–Kier alpha value is -2.70. The summed E-state index contributed by atoms with van der Waals surface area (Å²) >= 11 is 1.70. The molecule has 5 rings (SSSR count). The molecule has 148 valence electrons. The summed E-state index contributed by atoms with van der Waals surface area (Å²) in [6.45, 7) is 1.55. The van der Waals surface area contributed by atoms with Crippen LogP contribution in [-0.2, 0) is 25.9 Å². The van der Waals surface area contributed by atoms with E-state index in [0.29, 0.717) is 6.54 Å². The average molecular weight is 407 g/mol. The van der Waals surface area contributed by atoms with E-state index in [1.807, 2.05) is 6.07 Å². The van der Waals surface area contributed by atoms with Crippen LogP contribution in [-0.4, -0.2) is 24.1 Å². The van der Waals surface area contributed by atoms with Crippen molar-refractivity contribution < 1.29 is 9.64 Å². The fourth-order valence-electron chi connectivity index (χ4n) is 4.34. The van der Waals surface area contributed by atoms with Crippen molar-refractivity contribution in [3.8, 4) is 5.75 Å². The number of hydrogen-bond donors (Lipinski definition) is 2. The minimum absolute atomic E-state index is 0.0249. The third-order valence-electron chi connectivity index (χ3n) is 5.71. The van der Waals surface area contributed by atoms with Gasteiger partial charge in [0.05, 0.1) is 19.5 Å². The number of thiophene rings is 1. The van der Waals surface area contributed by atoms with E-state index in [0.717, 1.165) is 47.6 Å². The molecule has 0 bridgehead atoms. The molecule has 6 heteroatoms. The molecular weight excluding hydrogens is 382 g/mol. The number of aromatic amines is 1. The minimum Gasteiger partial charge on any atom is -0.497 e. The summed E-state index contributed by atoms with van der Waals surface area (Å²) in [5.74, 6) is 1.64. The predicted octanol–water partition coefficient (Wildman–Crippen LogP) is 2.85. The van der Waals surface area contributed by atoms with Gasteiger partial charge in [-0.15, -0.1) is 11.3 Å². The van der Waals surface area contributed by atoms with Gasteiger partial charge in [-0.1, -0.05) is 18.2 Å². The molecular formula is C23H24N3O2S+. The van der Waals surface area contributed by atoms with E-state index in [4.69, 9.17) is 9.72 Å². The Morgan fingerprint density at radius 3 is 2.83 bits per heavy atom. The van der Waals surface area contributed by atoms with Gasteiger partial charge in [0, 0.05) is 10.4 Å². The normalized spacial score (nSPS) is 14.4. The number of methoxy groups -OCH3 is 1. The maximum Gasteiger partial charge on any atom is 0.260 e. The molecule has 0 saturated carbocycles. The maximum atomic E-state index is 12.7. The Bertz CT molecular complexity index is 1270. The molecule has 1 aliphatic rings. The fraction of sp³-hybridized carbons (Fsp3) is 0.304. The van der Waals surface area contributed by atoms with Gasteiger partial charge in [-0.3, -0.25) is 4.79 Å². The SMILES string of the molecule is COc1ccc2cc(C[NH+](C)Cc3nc4sc5c(c4c(=O)[nH]3)CCC5)ccc2c1. The number of quaternary nitrogens is 1. The Labute approximate surface area is 173 Å². The third-order valence-corrected chi connectivity index (χ3v) is 6.90. The highest BCUT2D eigenvalue weighted by Gasteiger charge is 2.21. The summed E-state index contributed by atoms with van der Waals surface area (Å²) in [4.78, 5) is 24.0. The van der Waals surface area contributed by atoms with Crippen molar-refractivity contribution in [2.45, 2.75) is 32.4 Å². The van der Waals surface area contributed by atoms with Crippen LogP contribution in [0.1, 0.15) is 28.2 Å². The van der Waals surface area contributed by atoms with Gasteiger partial charge in [-0.05, 0) is 53.8 Å². The number of nitrogens with zero attached hydrogens (tertiary/aromatic N) is 1. The van der Waals surface area contributed by atoms with Crippen LogP contribution in [0.5, 0.6) is 5.75 Å². The second-order valence-electron chi connectivity index (χ2n) is 7.91. The number of H-pyrrole nitrogens is 1. The number of hydrogen-bond acceptors (Lipinski definition) is 4. The lowest BCUT2D eigenvalue weighted by Gasteiger charge is -2.14. The monoisotopic (exact) mass is 406 g/mol. The molecule has 1 atom stereocenters. The molecule has 2 N–H and O–H groups in total. The van der Waals surface area contributed by atoms with Crippen LogP contribution >= 0.6 is 11.3 Å². The van der Waals surface area contributed by atoms with Gasteiger partial charge in [0.2, 0.25) is 0 Å². The molecule has 29 heavy (non-hydrogen) atoms. The standard InChI is InChI=1S/C23H23N3O2S/c1-26(12-14-6-7-16-11-17(28-2)9-8-15(16)10-14)13-20-24-22(27)21-18-4-3-5-19(18)29-23(21)25-20/h6-11H,3-5,12-13H2,1-2H3,(H,24,25,27)/p+1. The lowest BCUT2D eigenvalue weighted by molar-refractivity contribution is -0.908. The second-order valence-corrected chi connectivity index (χ2v) is 8.99. The summed E-state index contributed by atoms with van der Waals surface area (Å²) in [7, 11) is 3.82. The van der Waals surface area contributed by atoms with Crippen LogP contribution in [0.4, 0.5) is 0 Å². The molecule has 4 aromatic rings. The van der Waals surface area contributed by atoms with Gasteiger partial charge in [-0.25, -0.2) is 4.98 Å². The van der Waals surface area contributed by atoms with Crippen molar-refractivity contribution in [2.24, 2.45) is 0 Å². The number of nitrogens with one attached hydrogen (secondary N) is 2. The summed E-state index contributed by atoms with van der Waals surface area (Å²) in [5, 5.41) is 3.21. The summed E-state index contributed by atoms with van der Waals surface area (Å²) in [5.41, 5.74) is 2.52. The highest BCUT2D eigenvalue weighted by atomic mass is 32.1. The molecule has 0 aliphatic heterocycles. The van der Waals surface area contributed by atoms with Crippen LogP contribution in [0.15, 0.2) is 41.2 Å². The molecule has 0 saturated heterocycles. The summed E-state index contributed by atoms with van der Waals surface area (Å²) in [6, 6.07) is 12.7. The van der Waals surface area contributed by atoms with Crippen LogP contribution in [0, 0.1) is 0 Å². The highest BCUT2D eigenvalue weighted by molar-refractivity contribution is 7.18. The first-order valence-electron chi connectivity index (χ1n) is 10.0. The van der Waals surface area contributed by atoms with Crippen molar-refractivity contribution in [2.75, 3.05) is 14.2 Å².